The van der Waals surface area contributed by atoms with Crippen LogP contribution < -0.4 is 24.9 Å². The van der Waals surface area contributed by atoms with Crippen molar-refractivity contribution < 1.29 is 32.3 Å². The summed E-state index contributed by atoms with van der Waals surface area (Å²) in [5.74, 6) is 0.128. The number of carbonyl (C=O) groups excluding carboxylic acids is 4. The largest absolute Gasteiger partial charge is 0.417 e. The van der Waals surface area contributed by atoms with Gasteiger partial charge in [0.15, 0.2) is 5.11 Å². The minimum atomic E-state index is -4.78. The molecule has 348 valence electrons. The van der Waals surface area contributed by atoms with Crippen molar-refractivity contribution in [3.05, 3.63) is 83.6 Å². The normalized spacial score (nSPS) is 19.0. The number of alkyl halides is 3. The van der Waals surface area contributed by atoms with Crippen molar-refractivity contribution in [1.29, 1.82) is 5.26 Å². The summed E-state index contributed by atoms with van der Waals surface area (Å²) in [7, 11) is 1.85. The zero-order valence-electron chi connectivity index (χ0n) is 38.0. The van der Waals surface area contributed by atoms with E-state index in [9.17, 15) is 37.6 Å². The molecular weight excluding hydrogens is 868 g/mol. The van der Waals surface area contributed by atoms with Gasteiger partial charge in [-0.1, -0.05) is 0 Å². The second kappa shape index (κ2) is 18.4. The van der Waals surface area contributed by atoms with E-state index in [2.05, 4.69) is 33.5 Å². The number of rotatable bonds is 11. The second-order valence-electron chi connectivity index (χ2n) is 18.9. The first-order chi connectivity index (χ1) is 31.3. The third-order valence-corrected chi connectivity index (χ3v) is 14.2. The summed E-state index contributed by atoms with van der Waals surface area (Å²) in [5.41, 5.74) is 0.865. The third kappa shape index (κ3) is 9.09. The lowest BCUT2D eigenvalue weighted by Crippen LogP contribution is -2.49. The van der Waals surface area contributed by atoms with E-state index >= 15 is 0 Å². The number of hydrogen-bond acceptors (Lipinski definition) is 8. The number of urea groups is 1. The van der Waals surface area contributed by atoms with E-state index in [-0.39, 0.29) is 41.6 Å². The smallest absolute Gasteiger partial charge is 0.372 e. The van der Waals surface area contributed by atoms with Gasteiger partial charge in [0.2, 0.25) is 5.91 Å². The van der Waals surface area contributed by atoms with Crippen molar-refractivity contribution >= 4 is 74.7 Å². The first-order valence-electron chi connectivity index (χ1n) is 22.7. The minimum absolute atomic E-state index is 0.0420. The van der Waals surface area contributed by atoms with E-state index in [4.69, 9.17) is 12.2 Å². The van der Waals surface area contributed by atoms with Crippen LogP contribution in [0.15, 0.2) is 66.9 Å². The molecule has 3 aromatic carbocycles. The summed E-state index contributed by atoms with van der Waals surface area (Å²) in [6, 6.07) is 17.9. The van der Waals surface area contributed by atoms with Crippen LogP contribution >= 0.6 is 12.2 Å². The third-order valence-electron chi connectivity index (χ3n) is 13.8. The van der Waals surface area contributed by atoms with Gasteiger partial charge in [0.05, 0.1) is 34.1 Å². The fourth-order valence-electron chi connectivity index (χ4n) is 10.0. The second-order valence-corrected chi connectivity index (χ2v) is 19.2. The Morgan fingerprint density at radius 3 is 2.20 bits per heavy atom. The van der Waals surface area contributed by atoms with E-state index in [0.717, 1.165) is 98.5 Å². The molecule has 0 bridgehead atoms. The Hall–Kier alpha value is -5.99. The van der Waals surface area contributed by atoms with E-state index in [1.807, 2.05) is 54.5 Å². The SMILES string of the molecule is CC(C)n1ccc2c(N3CCC(=O)NC3=O)cc(C(=O)N(C)CC3CCN(CCC4CCN(c5ccc(N6C(=S)N(c7ccc(C#N)c(C(F)(F)F)c7)C(=O)C6(C)C)cc5)CC4)CC3)cc21. The van der Waals surface area contributed by atoms with Gasteiger partial charge in [0.25, 0.3) is 11.8 Å². The summed E-state index contributed by atoms with van der Waals surface area (Å²) < 4.78 is 43.5. The number of carbonyl (C=O) groups is 4. The zero-order valence-corrected chi connectivity index (χ0v) is 38.8. The molecular formula is C49H56F3N9O4S. The fraction of sp³-hybridized carbons (Fsp3) is 0.469. The molecule has 4 aliphatic rings. The first-order valence-corrected chi connectivity index (χ1v) is 23.2. The Balaban J connectivity index is 0.812. The fourth-order valence-corrected chi connectivity index (χ4v) is 10.6. The topological polar surface area (TPSA) is 128 Å². The van der Waals surface area contributed by atoms with Crippen LogP contribution in [0.5, 0.6) is 0 Å². The molecule has 0 aliphatic carbocycles. The maximum Gasteiger partial charge on any atom is 0.417 e. The monoisotopic (exact) mass is 923 g/mol. The Morgan fingerprint density at radius 2 is 1.56 bits per heavy atom. The number of anilines is 4. The molecule has 8 rings (SSSR count). The average molecular weight is 924 g/mol. The molecule has 4 aromatic rings. The average Bonchev–Trinajstić information content (AvgIpc) is 3.80. The van der Waals surface area contributed by atoms with Crippen molar-refractivity contribution in [3.8, 4) is 6.07 Å². The molecule has 5 heterocycles. The van der Waals surface area contributed by atoms with Crippen LogP contribution in [0.2, 0.25) is 0 Å². The van der Waals surface area contributed by atoms with Crippen LogP contribution in [0.4, 0.5) is 40.7 Å². The summed E-state index contributed by atoms with van der Waals surface area (Å²) in [5, 5.41) is 12.6. The Bertz CT molecular complexity index is 2590. The van der Waals surface area contributed by atoms with Crippen molar-refractivity contribution in [2.24, 2.45) is 11.8 Å². The molecule has 0 unspecified atom stereocenters. The predicted octanol–water partition coefficient (Wildman–Crippen LogP) is 8.57. The molecule has 1 N–H and O–H groups in total. The number of imide groups is 1. The highest BCUT2D eigenvalue weighted by molar-refractivity contribution is 7.81. The molecule has 4 aliphatic heterocycles. The molecule has 5 amide bonds. The zero-order chi connectivity index (χ0) is 47.2. The number of thiocarbonyl (C=S) groups is 1. The highest BCUT2D eigenvalue weighted by atomic mass is 32.1. The van der Waals surface area contributed by atoms with Crippen LogP contribution in [0.3, 0.4) is 0 Å². The number of benzene rings is 3. The number of hydrogen-bond donors (Lipinski definition) is 1. The minimum Gasteiger partial charge on any atom is -0.372 e. The van der Waals surface area contributed by atoms with Gasteiger partial charge in [0, 0.05) is 74.2 Å². The van der Waals surface area contributed by atoms with Gasteiger partial charge >= 0.3 is 12.2 Å². The van der Waals surface area contributed by atoms with Crippen molar-refractivity contribution in [2.45, 2.75) is 84.0 Å². The number of halogens is 3. The molecule has 4 saturated heterocycles. The van der Waals surface area contributed by atoms with Crippen molar-refractivity contribution in [1.82, 2.24) is 19.7 Å². The van der Waals surface area contributed by atoms with E-state index in [1.54, 1.807) is 35.8 Å². The number of amides is 5. The maximum atomic E-state index is 14.0. The Morgan fingerprint density at radius 1 is 0.909 bits per heavy atom. The number of nitriles is 1. The van der Waals surface area contributed by atoms with Crippen LogP contribution in [0, 0.1) is 23.2 Å². The molecule has 0 spiro atoms. The van der Waals surface area contributed by atoms with Gasteiger partial charge in [-0.2, -0.15) is 18.4 Å². The molecule has 0 atom stereocenters. The quantitative estimate of drug-likeness (QED) is 0.147. The van der Waals surface area contributed by atoms with Crippen LogP contribution in [0.25, 0.3) is 10.9 Å². The summed E-state index contributed by atoms with van der Waals surface area (Å²) in [6.45, 7) is 13.3. The highest BCUT2D eigenvalue weighted by Crippen LogP contribution is 2.41. The summed E-state index contributed by atoms with van der Waals surface area (Å²) in [6.07, 6.45) is 2.67. The molecule has 0 saturated carbocycles. The number of likely N-dealkylation sites (tertiary alicyclic amines) is 1. The number of nitrogens with one attached hydrogen (secondary N) is 1. The van der Waals surface area contributed by atoms with Crippen LogP contribution in [-0.4, -0.2) is 102 Å². The molecule has 17 heteroatoms. The predicted molar refractivity (Wildman–Crippen MR) is 253 cm³/mol. The first kappa shape index (κ1) is 46.5. The van der Waals surface area contributed by atoms with Gasteiger partial charge in [-0.25, -0.2) is 4.79 Å². The lowest BCUT2D eigenvalue weighted by molar-refractivity contribution is -0.137. The number of piperidine rings is 2. The standard InChI is InChI=1S/C49H56F3N9O4S/c1-31(2)58-24-17-39-41(58)26-35(27-42(39)59-25-18-43(62)54-46(59)65)44(63)55(5)30-33-13-20-56(21-14-33)19-12-32-15-22-57(23-16-32)36-8-10-37(11-9-36)61-47(66)60(45(64)48(61,3)4)38-7-6-34(29-53)40(28-38)49(50,51)52/h6-11,17,24,26-28,31-33H,12-16,18-23,25,30H2,1-5H3,(H,54,62,65). The number of fused-ring (bicyclic) bond motifs is 1. The number of aromatic nitrogens is 1. The molecule has 66 heavy (non-hydrogen) atoms. The molecule has 1 aromatic heterocycles. The van der Waals surface area contributed by atoms with Crippen LogP contribution in [0.1, 0.15) is 93.7 Å². The summed E-state index contributed by atoms with van der Waals surface area (Å²) in [4.78, 5) is 63.5. The van der Waals surface area contributed by atoms with E-state index < -0.39 is 34.8 Å². The number of nitrogens with zero attached hydrogens (tertiary/aromatic N) is 8. The van der Waals surface area contributed by atoms with Crippen LogP contribution in [-0.2, 0) is 15.8 Å². The van der Waals surface area contributed by atoms with E-state index in [0.29, 0.717) is 35.3 Å². The lowest BCUT2D eigenvalue weighted by atomic mass is 9.91. The van der Waals surface area contributed by atoms with Gasteiger partial charge in [-0.3, -0.25) is 29.5 Å². The van der Waals surface area contributed by atoms with Gasteiger partial charge in [-0.05, 0) is 164 Å². The van der Waals surface area contributed by atoms with Gasteiger partial charge in [-0.15, -0.1) is 0 Å². The molecule has 13 nitrogen and oxygen atoms in total. The van der Waals surface area contributed by atoms with Crippen molar-refractivity contribution in [3.63, 3.8) is 0 Å². The van der Waals surface area contributed by atoms with Gasteiger partial charge < -0.3 is 24.2 Å². The summed E-state index contributed by atoms with van der Waals surface area (Å²) >= 11 is 5.72. The molecule has 4 fully saturated rings. The van der Waals surface area contributed by atoms with E-state index in [1.165, 1.54) is 6.07 Å². The molecule has 0 radical (unpaired) electrons. The highest BCUT2D eigenvalue weighted by Gasteiger charge is 2.51. The lowest BCUT2D eigenvalue weighted by Gasteiger charge is -2.37. The Labute approximate surface area is 388 Å². The Kier molecular flexibility index (Phi) is 12.9. The van der Waals surface area contributed by atoms with Gasteiger partial charge in [0.1, 0.15) is 5.54 Å². The van der Waals surface area contributed by atoms with Crippen molar-refractivity contribution in [2.75, 3.05) is 72.5 Å². The maximum absolute atomic E-state index is 14.0.